The van der Waals surface area contributed by atoms with Crippen molar-refractivity contribution in [2.75, 3.05) is 11.2 Å². The molecular formula is C28H54OSn. The Bertz CT molecular complexity index is 475. The number of unbranched alkanes of at least 4 members (excludes halogenated alkanes) is 3. The number of rotatable bonds is 19. The van der Waals surface area contributed by atoms with Crippen LogP contribution in [-0.2, 0) is 4.74 Å². The molecule has 0 aliphatic carbocycles. The number of hydrogen-bond donors (Lipinski definition) is 0. The molecule has 0 heterocycles. The van der Waals surface area contributed by atoms with Crippen LogP contribution in [0.5, 0.6) is 0 Å². The molecule has 0 fully saturated rings. The van der Waals surface area contributed by atoms with Crippen LogP contribution in [0.1, 0.15) is 113 Å². The van der Waals surface area contributed by atoms with E-state index in [0.717, 1.165) is 17.7 Å². The van der Waals surface area contributed by atoms with E-state index in [2.05, 4.69) is 66.7 Å². The predicted octanol–water partition coefficient (Wildman–Crippen LogP) is 9.81. The Labute approximate surface area is 194 Å². The molecule has 0 amide bonds. The number of allylic oxidation sites excluding steroid dienone is 5. The Morgan fingerprint density at radius 2 is 1.13 bits per heavy atom. The SMILES string of the molecule is CCC[CH2][Sn]([CH2]CCC)([CH2]CCC)[CH2]OC/C=C(\C)CC/C=C(\C)CCC=C(C)C. The van der Waals surface area contributed by atoms with E-state index in [1.54, 1.807) is 13.3 Å². The zero-order valence-corrected chi connectivity index (χ0v) is 24.6. The Hall–Kier alpha value is -0.0213. The van der Waals surface area contributed by atoms with Gasteiger partial charge >= 0.3 is 176 Å². The summed E-state index contributed by atoms with van der Waals surface area (Å²) >= 11 is -2.11. The first-order valence-electron chi connectivity index (χ1n) is 12.9. The zero-order valence-electron chi connectivity index (χ0n) is 21.7. The minimum absolute atomic E-state index is 0.831. The Morgan fingerprint density at radius 3 is 1.60 bits per heavy atom. The van der Waals surface area contributed by atoms with E-state index >= 15 is 0 Å². The molecule has 1 nitrogen and oxygen atoms in total. The Balaban J connectivity index is 4.49. The third-order valence-corrected chi connectivity index (χ3v) is 20.7. The summed E-state index contributed by atoms with van der Waals surface area (Å²) in [5.41, 5.74) is 4.44. The molecule has 0 saturated carbocycles. The predicted molar refractivity (Wildman–Crippen MR) is 141 cm³/mol. The van der Waals surface area contributed by atoms with Gasteiger partial charge in [-0.05, 0) is 13.8 Å². The fourth-order valence-corrected chi connectivity index (χ4v) is 18.5. The summed E-state index contributed by atoms with van der Waals surface area (Å²) in [4.78, 5) is 0. The van der Waals surface area contributed by atoms with E-state index < -0.39 is 18.4 Å². The molecule has 0 aromatic heterocycles. The van der Waals surface area contributed by atoms with Crippen molar-refractivity contribution in [1.82, 2.24) is 0 Å². The van der Waals surface area contributed by atoms with Crippen LogP contribution < -0.4 is 0 Å². The molecule has 0 aliphatic rings. The van der Waals surface area contributed by atoms with Crippen molar-refractivity contribution in [3.8, 4) is 0 Å². The molecule has 0 unspecified atom stereocenters. The summed E-state index contributed by atoms with van der Waals surface area (Å²) in [6.07, 6.45) is 20.1. The van der Waals surface area contributed by atoms with Gasteiger partial charge in [-0.15, -0.1) is 0 Å². The van der Waals surface area contributed by atoms with Crippen molar-refractivity contribution < 1.29 is 4.74 Å². The summed E-state index contributed by atoms with van der Waals surface area (Å²) in [6, 6.07) is 0. The van der Waals surface area contributed by atoms with Crippen molar-refractivity contribution in [2.24, 2.45) is 0 Å². The van der Waals surface area contributed by atoms with E-state index in [1.807, 2.05) is 0 Å². The van der Waals surface area contributed by atoms with E-state index in [4.69, 9.17) is 4.74 Å². The monoisotopic (exact) mass is 526 g/mol. The molecule has 0 aromatic rings. The van der Waals surface area contributed by atoms with E-state index in [0.29, 0.717) is 0 Å². The summed E-state index contributed by atoms with van der Waals surface area (Å²) < 4.78 is 12.2. The Kier molecular flexibility index (Phi) is 19.6. The van der Waals surface area contributed by atoms with Crippen molar-refractivity contribution in [2.45, 2.75) is 126 Å². The van der Waals surface area contributed by atoms with Gasteiger partial charge in [-0.2, -0.15) is 0 Å². The van der Waals surface area contributed by atoms with Gasteiger partial charge in [-0.3, -0.25) is 0 Å². The maximum absolute atomic E-state index is 6.36. The van der Waals surface area contributed by atoms with Gasteiger partial charge in [0, 0.05) is 0 Å². The summed E-state index contributed by atoms with van der Waals surface area (Å²) in [6.45, 7) is 16.8. The maximum atomic E-state index is 6.36. The molecule has 0 aliphatic heterocycles. The molecule has 30 heavy (non-hydrogen) atoms. The van der Waals surface area contributed by atoms with Crippen LogP contribution >= 0.6 is 0 Å². The van der Waals surface area contributed by atoms with Crippen LogP contribution in [0, 0.1) is 0 Å². The molecule has 0 rings (SSSR count). The van der Waals surface area contributed by atoms with Crippen molar-refractivity contribution in [3.63, 3.8) is 0 Å². The normalized spacial score (nSPS) is 13.0. The summed E-state index contributed by atoms with van der Waals surface area (Å²) in [7, 11) is 0. The smallest absolute Gasteiger partial charge is 0.0804 e. The van der Waals surface area contributed by atoms with Crippen LogP contribution in [0.2, 0.25) is 13.3 Å². The van der Waals surface area contributed by atoms with Gasteiger partial charge in [0.2, 0.25) is 0 Å². The minimum Gasteiger partial charge on any atom is -0.0804 e. The van der Waals surface area contributed by atoms with Gasteiger partial charge in [-0.1, -0.05) is 5.57 Å². The minimum atomic E-state index is -2.11. The summed E-state index contributed by atoms with van der Waals surface area (Å²) in [5.74, 6) is 0. The van der Waals surface area contributed by atoms with Gasteiger partial charge in [0.05, 0.1) is 0 Å². The topological polar surface area (TPSA) is 9.23 Å². The van der Waals surface area contributed by atoms with Gasteiger partial charge in [-0.25, -0.2) is 0 Å². The third kappa shape index (κ3) is 16.6. The van der Waals surface area contributed by atoms with Crippen molar-refractivity contribution >= 4 is 18.4 Å². The summed E-state index contributed by atoms with van der Waals surface area (Å²) in [5, 5.41) is 0. The van der Waals surface area contributed by atoms with Gasteiger partial charge in [0.25, 0.3) is 0 Å². The average molecular weight is 525 g/mol. The fraction of sp³-hybridized carbons (Fsp3) is 0.786. The second-order valence-corrected chi connectivity index (χ2v) is 23.5. The molecule has 0 bridgehead atoms. The first-order chi connectivity index (χ1) is 14.4. The quantitative estimate of drug-likeness (QED) is 0.0927. The van der Waals surface area contributed by atoms with Crippen molar-refractivity contribution in [1.29, 1.82) is 0 Å². The molecule has 0 spiro atoms. The van der Waals surface area contributed by atoms with Crippen LogP contribution in [0.4, 0.5) is 0 Å². The van der Waals surface area contributed by atoms with E-state index in [1.165, 1.54) is 74.5 Å². The first-order valence-corrected chi connectivity index (χ1v) is 21.0. The Morgan fingerprint density at radius 1 is 0.667 bits per heavy atom. The second-order valence-electron chi connectivity index (χ2n) is 9.79. The molecule has 0 aromatic carbocycles. The molecule has 0 N–H and O–H groups in total. The van der Waals surface area contributed by atoms with Crippen LogP contribution in [-0.4, -0.2) is 29.6 Å². The van der Waals surface area contributed by atoms with Gasteiger partial charge in [0.1, 0.15) is 0 Å². The van der Waals surface area contributed by atoms with Crippen LogP contribution in [0.25, 0.3) is 0 Å². The van der Waals surface area contributed by atoms with Gasteiger partial charge in [0.15, 0.2) is 0 Å². The molecule has 0 atom stereocenters. The molecule has 0 saturated heterocycles. The van der Waals surface area contributed by atoms with Gasteiger partial charge < -0.3 is 0 Å². The second kappa shape index (κ2) is 19.6. The molecule has 0 radical (unpaired) electrons. The molecular weight excluding hydrogens is 471 g/mol. The third-order valence-electron chi connectivity index (χ3n) is 6.26. The molecule has 2 heteroatoms. The standard InChI is InChI=1S/C16H27O.3C4H9.Sn/c1-14(2)8-6-9-15(3)10-7-11-16(4)12-13-17-5;3*1-3-4-2;/h8,10,12H,5-7,9,11,13H2,1-4H3;3*1,3-4H2,2H3;/b15-10+,16-12+;;;;. The molecule has 176 valence electrons. The fourth-order valence-electron chi connectivity index (χ4n) is 4.06. The average Bonchev–Trinajstić information content (AvgIpc) is 2.71. The van der Waals surface area contributed by atoms with Crippen LogP contribution in [0.3, 0.4) is 0 Å². The number of ether oxygens (including phenoxy) is 1. The number of hydrogen-bond acceptors (Lipinski definition) is 1. The van der Waals surface area contributed by atoms with Crippen LogP contribution in [0.15, 0.2) is 34.9 Å². The van der Waals surface area contributed by atoms with Crippen molar-refractivity contribution in [3.05, 3.63) is 34.9 Å². The zero-order chi connectivity index (χ0) is 22.7. The van der Waals surface area contributed by atoms with E-state index in [-0.39, 0.29) is 0 Å². The first kappa shape index (κ1) is 30.0. The van der Waals surface area contributed by atoms with E-state index in [9.17, 15) is 0 Å².